The van der Waals surface area contributed by atoms with Gasteiger partial charge in [-0.2, -0.15) is 0 Å². The topological polar surface area (TPSA) is 0 Å². The highest BCUT2D eigenvalue weighted by molar-refractivity contribution is 7.22. The van der Waals surface area contributed by atoms with Crippen LogP contribution in [0.25, 0.3) is 20.5 Å². The number of benzene rings is 2. The maximum absolute atomic E-state index is 6.46. The molecule has 1 heterocycles. The monoisotopic (exact) mass is 284 g/mol. The molecule has 0 aliphatic heterocycles. The van der Waals surface area contributed by atoms with E-state index in [0.29, 0.717) is 0 Å². The van der Waals surface area contributed by atoms with Crippen molar-refractivity contribution in [3.8, 4) is 10.4 Å². The van der Waals surface area contributed by atoms with E-state index in [-0.39, 0.29) is 5.41 Å². The van der Waals surface area contributed by atoms with Crippen LogP contribution >= 0.6 is 22.9 Å². The van der Waals surface area contributed by atoms with Gasteiger partial charge in [0.2, 0.25) is 0 Å². The van der Waals surface area contributed by atoms with Crippen molar-refractivity contribution in [1.29, 1.82) is 0 Å². The van der Waals surface area contributed by atoms with Crippen molar-refractivity contribution in [3.05, 3.63) is 58.6 Å². The van der Waals surface area contributed by atoms with Gasteiger partial charge in [-0.05, 0) is 34.2 Å². The molecule has 0 saturated carbocycles. The van der Waals surface area contributed by atoms with Crippen LogP contribution in [0.5, 0.6) is 0 Å². The number of hydrogen-bond acceptors (Lipinski definition) is 1. The molecule has 0 nitrogen and oxygen atoms in total. The predicted octanol–water partition coefficient (Wildman–Crippen LogP) is 5.86. The van der Waals surface area contributed by atoms with Gasteiger partial charge < -0.3 is 0 Å². The third-order valence-electron chi connectivity index (χ3n) is 4.10. The molecule has 0 amide bonds. The fraction of sp³-hybridized carbons (Fsp3) is 0.176. The summed E-state index contributed by atoms with van der Waals surface area (Å²) in [6, 6.07) is 14.9. The largest absolute Gasteiger partial charge is 0.135 e. The summed E-state index contributed by atoms with van der Waals surface area (Å²) in [6.07, 6.45) is 0. The first-order valence-electron chi connectivity index (χ1n) is 6.42. The number of thiophene rings is 1. The molecule has 1 aliphatic rings. The van der Waals surface area contributed by atoms with Crippen molar-refractivity contribution in [3.63, 3.8) is 0 Å². The zero-order valence-electron chi connectivity index (χ0n) is 10.8. The van der Waals surface area contributed by atoms with Crippen molar-refractivity contribution in [1.82, 2.24) is 0 Å². The number of hydrogen-bond donors (Lipinski definition) is 0. The lowest BCUT2D eigenvalue weighted by atomic mass is 9.81. The van der Waals surface area contributed by atoms with Crippen LogP contribution in [0.3, 0.4) is 0 Å². The molecule has 0 saturated heterocycles. The summed E-state index contributed by atoms with van der Waals surface area (Å²) < 4.78 is 1.37. The van der Waals surface area contributed by atoms with E-state index in [4.69, 9.17) is 11.6 Å². The molecule has 1 aliphatic carbocycles. The SMILES string of the molecule is CC1(C)c2c(Cl)cccc2-c2sc3ccccc3c21. The molecule has 19 heavy (non-hydrogen) atoms. The van der Waals surface area contributed by atoms with Gasteiger partial charge in [0.15, 0.2) is 0 Å². The van der Waals surface area contributed by atoms with Crippen molar-refractivity contribution >= 4 is 33.0 Å². The Labute approximate surface area is 121 Å². The minimum Gasteiger partial charge on any atom is -0.135 e. The normalized spacial score (nSPS) is 15.5. The van der Waals surface area contributed by atoms with E-state index in [1.54, 1.807) is 0 Å². The summed E-state index contributed by atoms with van der Waals surface area (Å²) in [7, 11) is 0. The summed E-state index contributed by atoms with van der Waals surface area (Å²) in [5.74, 6) is 0. The molecule has 3 aromatic rings. The molecular formula is C17H13ClS. The Morgan fingerprint density at radius 1 is 0.947 bits per heavy atom. The number of halogens is 1. The Bertz CT molecular complexity index is 811. The molecule has 0 fully saturated rings. The van der Waals surface area contributed by atoms with Crippen LogP contribution in [0.15, 0.2) is 42.5 Å². The molecule has 0 bridgehead atoms. The van der Waals surface area contributed by atoms with Crippen LogP contribution in [0, 0.1) is 0 Å². The summed E-state index contributed by atoms with van der Waals surface area (Å²) in [5, 5.41) is 2.26. The lowest BCUT2D eigenvalue weighted by Crippen LogP contribution is -2.15. The Morgan fingerprint density at radius 3 is 2.58 bits per heavy atom. The van der Waals surface area contributed by atoms with Gasteiger partial charge in [0, 0.05) is 20.0 Å². The van der Waals surface area contributed by atoms with Crippen LogP contribution in [-0.2, 0) is 5.41 Å². The molecule has 4 rings (SSSR count). The van der Waals surface area contributed by atoms with Crippen molar-refractivity contribution in [2.45, 2.75) is 19.3 Å². The summed E-state index contributed by atoms with van der Waals surface area (Å²) in [6.45, 7) is 4.56. The van der Waals surface area contributed by atoms with Gasteiger partial charge in [-0.15, -0.1) is 11.3 Å². The van der Waals surface area contributed by atoms with Crippen LogP contribution in [0.2, 0.25) is 5.02 Å². The van der Waals surface area contributed by atoms with Gasteiger partial charge in [0.05, 0.1) is 0 Å². The third kappa shape index (κ3) is 1.35. The van der Waals surface area contributed by atoms with Crippen LogP contribution < -0.4 is 0 Å². The van der Waals surface area contributed by atoms with Crippen molar-refractivity contribution < 1.29 is 0 Å². The van der Waals surface area contributed by atoms with E-state index in [1.807, 2.05) is 17.4 Å². The molecule has 0 atom stereocenters. The Kier molecular flexibility index (Phi) is 2.19. The van der Waals surface area contributed by atoms with Crippen LogP contribution in [-0.4, -0.2) is 0 Å². The average molecular weight is 285 g/mol. The first-order valence-corrected chi connectivity index (χ1v) is 7.61. The van der Waals surface area contributed by atoms with Gasteiger partial charge in [-0.25, -0.2) is 0 Å². The van der Waals surface area contributed by atoms with Gasteiger partial charge in [-0.3, -0.25) is 0 Å². The highest BCUT2D eigenvalue weighted by atomic mass is 35.5. The van der Waals surface area contributed by atoms with Crippen LogP contribution in [0.1, 0.15) is 25.0 Å². The zero-order valence-corrected chi connectivity index (χ0v) is 12.4. The van der Waals surface area contributed by atoms with Gasteiger partial charge in [0.25, 0.3) is 0 Å². The Morgan fingerprint density at radius 2 is 1.74 bits per heavy atom. The fourth-order valence-electron chi connectivity index (χ4n) is 3.33. The molecule has 0 unspecified atom stereocenters. The molecule has 1 aromatic heterocycles. The Hall–Kier alpha value is -1.31. The molecule has 2 aromatic carbocycles. The summed E-state index contributed by atoms with van der Waals surface area (Å²) in [5.41, 5.74) is 4.02. The first-order chi connectivity index (χ1) is 9.10. The van der Waals surface area contributed by atoms with E-state index in [9.17, 15) is 0 Å². The minimum absolute atomic E-state index is 0.0113. The summed E-state index contributed by atoms with van der Waals surface area (Å²) >= 11 is 8.34. The van der Waals surface area contributed by atoms with Crippen molar-refractivity contribution in [2.75, 3.05) is 0 Å². The molecule has 2 heteroatoms. The lowest BCUT2D eigenvalue weighted by molar-refractivity contribution is 0.667. The minimum atomic E-state index is -0.0113. The van der Waals surface area contributed by atoms with E-state index in [2.05, 4.69) is 50.2 Å². The molecular weight excluding hydrogens is 272 g/mol. The third-order valence-corrected chi connectivity index (χ3v) is 5.62. The maximum atomic E-state index is 6.46. The molecule has 0 radical (unpaired) electrons. The fourth-order valence-corrected chi connectivity index (χ4v) is 5.13. The van der Waals surface area contributed by atoms with Gasteiger partial charge in [0.1, 0.15) is 0 Å². The van der Waals surface area contributed by atoms with Gasteiger partial charge >= 0.3 is 0 Å². The second kappa shape index (κ2) is 3.62. The number of fused-ring (bicyclic) bond motifs is 5. The van der Waals surface area contributed by atoms with Crippen LogP contribution in [0.4, 0.5) is 0 Å². The average Bonchev–Trinajstić information content (AvgIpc) is 2.86. The van der Waals surface area contributed by atoms with Crippen molar-refractivity contribution in [2.24, 2.45) is 0 Å². The zero-order chi connectivity index (χ0) is 13.2. The second-order valence-corrected chi connectivity index (χ2v) is 7.05. The highest BCUT2D eigenvalue weighted by Gasteiger charge is 2.39. The lowest BCUT2D eigenvalue weighted by Gasteiger charge is -2.22. The van der Waals surface area contributed by atoms with E-state index in [0.717, 1.165) is 5.02 Å². The van der Waals surface area contributed by atoms with Gasteiger partial charge in [-0.1, -0.05) is 55.8 Å². The molecule has 0 spiro atoms. The number of rotatable bonds is 0. The Balaban J connectivity index is 2.20. The predicted molar refractivity (Wildman–Crippen MR) is 84.4 cm³/mol. The van der Waals surface area contributed by atoms with E-state index < -0.39 is 0 Å². The molecule has 0 N–H and O–H groups in total. The summed E-state index contributed by atoms with van der Waals surface area (Å²) in [4.78, 5) is 1.39. The first kappa shape index (κ1) is 11.5. The molecule has 94 valence electrons. The smallest absolute Gasteiger partial charge is 0.0453 e. The maximum Gasteiger partial charge on any atom is 0.0453 e. The quantitative estimate of drug-likeness (QED) is 0.485. The van der Waals surface area contributed by atoms with E-state index in [1.165, 1.54) is 31.7 Å². The highest BCUT2D eigenvalue weighted by Crippen LogP contribution is 2.56. The van der Waals surface area contributed by atoms with E-state index >= 15 is 0 Å². The second-order valence-electron chi connectivity index (χ2n) is 5.59. The standard InChI is InChI=1S/C17H13ClS/c1-17(2)14-11(7-5-8-12(14)18)16-15(17)10-6-3-4-9-13(10)19-16/h3-9H,1-2H3.